The van der Waals surface area contributed by atoms with Crippen molar-refractivity contribution in [2.24, 2.45) is 0 Å². The molecule has 0 spiro atoms. The van der Waals surface area contributed by atoms with Crippen molar-refractivity contribution in [3.05, 3.63) is 0 Å². The van der Waals surface area contributed by atoms with Crippen molar-refractivity contribution in [3.63, 3.8) is 0 Å². The summed E-state index contributed by atoms with van der Waals surface area (Å²) in [4.78, 5) is 29.8. The van der Waals surface area contributed by atoms with E-state index in [-0.39, 0.29) is 56.6 Å². The zero-order valence-electron chi connectivity index (χ0n) is 20.0. The van der Waals surface area contributed by atoms with Gasteiger partial charge in [-0.05, 0) is 38.5 Å². The Morgan fingerprint density at radius 1 is 0.419 bits per heavy atom. The first-order valence-corrected chi connectivity index (χ1v) is 11.9. The van der Waals surface area contributed by atoms with E-state index in [2.05, 4.69) is 20.8 Å². The molecule has 189 valence electrons. The molecule has 0 aromatic carbocycles. The van der Waals surface area contributed by atoms with E-state index in [0.717, 1.165) is 57.8 Å². The van der Waals surface area contributed by atoms with Crippen molar-refractivity contribution in [2.75, 3.05) is 0 Å². The third kappa shape index (κ3) is 53.2. The summed E-state index contributed by atoms with van der Waals surface area (Å²) in [7, 11) is 0. The van der Waals surface area contributed by atoms with Crippen LogP contribution in [0.5, 0.6) is 0 Å². The predicted octanol–water partition coefficient (Wildman–Crippen LogP) is 3.29. The number of hydrogen-bond donors (Lipinski definition) is 0. The minimum Gasteiger partial charge on any atom is -0.550 e. The van der Waals surface area contributed by atoms with Gasteiger partial charge in [-0.15, -0.1) is 0 Å². The van der Waals surface area contributed by atoms with Crippen LogP contribution in [-0.2, 0) is 14.4 Å². The summed E-state index contributed by atoms with van der Waals surface area (Å²) in [5.41, 5.74) is 0. The van der Waals surface area contributed by atoms with E-state index >= 15 is 0 Å². The van der Waals surface area contributed by atoms with E-state index in [1.807, 2.05) is 0 Å². The number of carbonyl (C=O) groups excluding carboxylic acids is 3. The minimum atomic E-state index is -0.920. The Labute approximate surface area is 220 Å². The number of hydrogen-bond acceptors (Lipinski definition) is 6. The third-order valence-corrected chi connectivity index (χ3v) is 4.45. The summed E-state index contributed by atoms with van der Waals surface area (Å²) in [5.74, 6) is -2.76. The van der Waals surface area contributed by atoms with Crippen molar-refractivity contribution in [2.45, 2.75) is 136 Å². The normalized spacial score (nSPS) is 9.39. The van der Waals surface area contributed by atoms with E-state index in [1.54, 1.807) is 0 Å². The maximum Gasteiger partial charge on any atom is 3.00 e. The Morgan fingerprint density at radius 3 is 0.774 bits per heavy atom. The first kappa shape index (κ1) is 37.9. The van der Waals surface area contributed by atoms with Crippen molar-refractivity contribution in [1.82, 2.24) is 0 Å². The number of unbranched alkanes of at least 4 members (excludes halogenated alkanes) is 12. The van der Waals surface area contributed by atoms with Crippen molar-refractivity contribution < 1.29 is 67.0 Å². The maximum atomic E-state index is 9.92. The van der Waals surface area contributed by atoms with Crippen LogP contribution in [0.3, 0.4) is 0 Å². The van der Waals surface area contributed by atoms with Crippen LogP contribution in [0, 0.1) is 37.3 Å². The van der Waals surface area contributed by atoms with Gasteiger partial charge in [0.1, 0.15) is 0 Å². The second-order valence-electron chi connectivity index (χ2n) is 7.61. The average Bonchev–Trinajstić information content (AvgIpc) is 2.68. The molecule has 1 radical (unpaired) electrons. The van der Waals surface area contributed by atoms with Gasteiger partial charge in [-0.25, -0.2) is 0 Å². The summed E-state index contributed by atoms with van der Waals surface area (Å²) < 4.78 is 0. The minimum absolute atomic E-state index is 0. The molecule has 0 aromatic heterocycles. The molecule has 0 heterocycles. The Kier molecular flexibility index (Phi) is 42.0. The molecule has 0 atom stereocenters. The van der Waals surface area contributed by atoms with Crippen molar-refractivity contribution in [1.29, 1.82) is 0 Å². The van der Waals surface area contributed by atoms with Gasteiger partial charge in [0.25, 0.3) is 0 Å². The van der Waals surface area contributed by atoms with Crippen LogP contribution in [0.2, 0.25) is 0 Å². The van der Waals surface area contributed by atoms with Gasteiger partial charge in [0, 0.05) is 17.9 Å². The first-order chi connectivity index (χ1) is 14.3. The molecule has 0 N–H and O–H groups in total. The molecule has 0 aliphatic rings. The van der Waals surface area contributed by atoms with Gasteiger partial charge in [0.15, 0.2) is 0 Å². The smallest absolute Gasteiger partial charge is 0.550 e. The molecule has 0 aliphatic heterocycles. The molecular weight excluding hydrogens is 552 g/mol. The molecule has 0 saturated heterocycles. The van der Waals surface area contributed by atoms with Crippen LogP contribution in [0.1, 0.15) is 136 Å². The van der Waals surface area contributed by atoms with E-state index in [0.29, 0.717) is 0 Å². The fourth-order valence-electron chi connectivity index (χ4n) is 2.62. The second kappa shape index (κ2) is 34.3. The van der Waals surface area contributed by atoms with Gasteiger partial charge < -0.3 is 29.7 Å². The molecule has 0 aliphatic carbocycles. The fraction of sp³-hybridized carbons (Fsp3) is 0.875. The molecule has 0 bridgehead atoms. The van der Waals surface area contributed by atoms with E-state index in [9.17, 15) is 29.7 Å². The number of carboxylic acid groups (broad SMARTS) is 3. The largest absolute Gasteiger partial charge is 3.00 e. The molecule has 0 unspecified atom stereocenters. The van der Waals surface area contributed by atoms with Crippen LogP contribution in [0.4, 0.5) is 0 Å². The quantitative estimate of drug-likeness (QED) is 0.224. The van der Waals surface area contributed by atoms with Gasteiger partial charge in [-0.1, -0.05) is 97.8 Å². The zero-order valence-corrected chi connectivity index (χ0v) is 21.8. The van der Waals surface area contributed by atoms with E-state index in [4.69, 9.17) is 0 Å². The molecule has 0 aromatic rings. The summed E-state index contributed by atoms with van der Waals surface area (Å²) in [5, 5.41) is 29.8. The Bertz CT molecular complexity index is 331. The van der Waals surface area contributed by atoms with Crippen LogP contribution in [0.15, 0.2) is 0 Å². The molecule has 0 amide bonds. The summed E-state index contributed by atoms with van der Waals surface area (Å²) in [6, 6.07) is 0. The van der Waals surface area contributed by atoms with Gasteiger partial charge >= 0.3 is 37.3 Å². The number of carbonyl (C=O) groups is 3. The molecule has 6 nitrogen and oxygen atoms in total. The molecular formula is C24H45ErO6. The Balaban J connectivity index is -0.000000174. The summed E-state index contributed by atoms with van der Waals surface area (Å²) >= 11 is 0. The van der Waals surface area contributed by atoms with Crippen molar-refractivity contribution >= 4 is 17.9 Å². The van der Waals surface area contributed by atoms with Crippen LogP contribution in [-0.4, -0.2) is 17.9 Å². The predicted molar refractivity (Wildman–Crippen MR) is 115 cm³/mol. The SMILES string of the molecule is CCCCCCCC(=O)[O-].CCCCCCCC(=O)[O-].CCCCCCCC(=O)[O-].[Er+3]. The zero-order chi connectivity index (χ0) is 23.5. The second-order valence-corrected chi connectivity index (χ2v) is 7.61. The molecule has 0 saturated carbocycles. The number of carboxylic acids is 3. The molecule has 0 rings (SSSR count). The van der Waals surface area contributed by atoms with Crippen LogP contribution in [0.25, 0.3) is 0 Å². The standard InChI is InChI=1S/3C8H16O2.Er/c3*1-2-3-4-5-6-7-8(9)10;/h3*2-7H2,1H3,(H,9,10);/q;;;+3/p-3. The molecule has 31 heavy (non-hydrogen) atoms. The van der Waals surface area contributed by atoms with Gasteiger partial charge in [0.05, 0.1) is 0 Å². The van der Waals surface area contributed by atoms with E-state index in [1.165, 1.54) is 38.5 Å². The Morgan fingerprint density at radius 2 is 0.613 bits per heavy atom. The Hall–Kier alpha value is -0.343. The van der Waals surface area contributed by atoms with E-state index < -0.39 is 17.9 Å². The summed E-state index contributed by atoms with van der Waals surface area (Å²) in [6.07, 6.45) is 16.8. The third-order valence-electron chi connectivity index (χ3n) is 4.45. The van der Waals surface area contributed by atoms with Crippen LogP contribution < -0.4 is 15.3 Å². The number of aliphatic carboxylic acids is 3. The van der Waals surface area contributed by atoms with Gasteiger partial charge in [0.2, 0.25) is 0 Å². The molecule has 7 heteroatoms. The number of rotatable bonds is 18. The van der Waals surface area contributed by atoms with Gasteiger partial charge in [-0.2, -0.15) is 0 Å². The topological polar surface area (TPSA) is 120 Å². The van der Waals surface area contributed by atoms with Crippen molar-refractivity contribution in [3.8, 4) is 0 Å². The average molecular weight is 597 g/mol. The maximum absolute atomic E-state index is 9.92. The fourth-order valence-corrected chi connectivity index (χ4v) is 2.62. The summed E-state index contributed by atoms with van der Waals surface area (Å²) in [6.45, 7) is 6.41. The monoisotopic (exact) mass is 595 g/mol. The van der Waals surface area contributed by atoms with Gasteiger partial charge in [-0.3, -0.25) is 0 Å². The van der Waals surface area contributed by atoms with Crippen LogP contribution >= 0.6 is 0 Å². The molecule has 0 fully saturated rings. The first-order valence-electron chi connectivity index (χ1n) is 11.9.